The molecule has 0 spiro atoms. The third kappa shape index (κ3) is 3.73. The molecule has 0 unspecified atom stereocenters. The summed E-state index contributed by atoms with van der Waals surface area (Å²) in [5, 5.41) is 12.9. The van der Waals surface area contributed by atoms with Crippen LogP contribution in [0.5, 0.6) is 5.75 Å². The van der Waals surface area contributed by atoms with E-state index >= 15 is 0 Å². The molecule has 2 aromatic rings. The first kappa shape index (κ1) is 13.9. The molecule has 0 atom stereocenters. The molecule has 110 valence electrons. The summed E-state index contributed by atoms with van der Waals surface area (Å²) >= 11 is 0. The van der Waals surface area contributed by atoms with E-state index in [0.29, 0.717) is 11.8 Å². The summed E-state index contributed by atoms with van der Waals surface area (Å²) in [5.74, 6) is 1.40. The number of aromatic hydroxyl groups is 1. The van der Waals surface area contributed by atoms with Crippen LogP contribution in [0.1, 0.15) is 18.4 Å². The quantitative estimate of drug-likeness (QED) is 0.905. The van der Waals surface area contributed by atoms with Crippen LogP contribution < -0.4 is 10.2 Å². The number of benzene rings is 1. The average Bonchev–Trinajstić information content (AvgIpc) is 2.56. The number of aromatic nitrogens is 1. The van der Waals surface area contributed by atoms with Crippen molar-refractivity contribution in [1.29, 1.82) is 0 Å². The van der Waals surface area contributed by atoms with E-state index < -0.39 is 0 Å². The molecular formula is C17H21N3O. The highest BCUT2D eigenvalue weighted by molar-refractivity contribution is 5.38. The smallest absolute Gasteiger partial charge is 0.128 e. The van der Waals surface area contributed by atoms with Crippen LogP contribution in [0, 0.1) is 0 Å². The van der Waals surface area contributed by atoms with Crippen LogP contribution in [0.2, 0.25) is 0 Å². The maximum Gasteiger partial charge on any atom is 0.128 e. The first-order valence-corrected chi connectivity index (χ1v) is 7.48. The maximum atomic E-state index is 9.28. The minimum atomic E-state index is 0.322. The Morgan fingerprint density at radius 1 is 1.10 bits per heavy atom. The van der Waals surface area contributed by atoms with E-state index in [1.165, 1.54) is 5.56 Å². The van der Waals surface area contributed by atoms with Gasteiger partial charge in [0.2, 0.25) is 0 Å². The molecule has 0 saturated carbocycles. The molecule has 1 aromatic heterocycles. The van der Waals surface area contributed by atoms with Gasteiger partial charge in [0.15, 0.2) is 0 Å². The summed E-state index contributed by atoms with van der Waals surface area (Å²) in [6, 6.07) is 14.0. The van der Waals surface area contributed by atoms with E-state index in [0.717, 1.165) is 38.3 Å². The van der Waals surface area contributed by atoms with Gasteiger partial charge < -0.3 is 15.3 Å². The fourth-order valence-corrected chi connectivity index (χ4v) is 2.73. The van der Waals surface area contributed by atoms with Crippen molar-refractivity contribution in [1.82, 2.24) is 10.3 Å². The van der Waals surface area contributed by atoms with E-state index in [-0.39, 0.29) is 0 Å². The number of rotatable bonds is 4. The van der Waals surface area contributed by atoms with Crippen molar-refractivity contribution in [3.63, 3.8) is 0 Å². The number of nitrogens with zero attached hydrogens (tertiary/aromatic N) is 2. The minimum Gasteiger partial charge on any atom is -0.508 e. The van der Waals surface area contributed by atoms with Gasteiger partial charge in [-0.25, -0.2) is 4.98 Å². The molecule has 1 aliphatic rings. The SMILES string of the molecule is Oc1ccc(CNC2CCN(c3ccccn3)CC2)cc1. The summed E-state index contributed by atoms with van der Waals surface area (Å²) in [6.45, 7) is 2.95. The van der Waals surface area contributed by atoms with Gasteiger partial charge >= 0.3 is 0 Å². The minimum absolute atomic E-state index is 0.322. The van der Waals surface area contributed by atoms with Crippen molar-refractivity contribution in [2.75, 3.05) is 18.0 Å². The fraction of sp³-hybridized carbons (Fsp3) is 0.353. The number of nitrogens with one attached hydrogen (secondary N) is 1. The van der Waals surface area contributed by atoms with Crippen molar-refractivity contribution in [2.24, 2.45) is 0 Å². The molecule has 0 bridgehead atoms. The molecule has 0 amide bonds. The predicted octanol–water partition coefficient (Wildman–Crippen LogP) is 2.55. The molecule has 4 nitrogen and oxygen atoms in total. The molecule has 4 heteroatoms. The van der Waals surface area contributed by atoms with Crippen LogP contribution in [0.3, 0.4) is 0 Å². The third-order valence-electron chi connectivity index (χ3n) is 4.00. The number of hydrogen-bond acceptors (Lipinski definition) is 4. The fourth-order valence-electron chi connectivity index (χ4n) is 2.73. The molecule has 2 heterocycles. The average molecular weight is 283 g/mol. The zero-order valence-electron chi connectivity index (χ0n) is 12.1. The van der Waals surface area contributed by atoms with Crippen LogP contribution in [-0.4, -0.2) is 29.2 Å². The molecule has 1 aliphatic heterocycles. The van der Waals surface area contributed by atoms with Gasteiger partial charge in [0, 0.05) is 31.9 Å². The Kier molecular flexibility index (Phi) is 4.36. The Bertz CT molecular complexity index is 548. The Morgan fingerprint density at radius 2 is 1.86 bits per heavy atom. The van der Waals surface area contributed by atoms with Crippen molar-refractivity contribution < 1.29 is 5.11 Å². The molecule has 2 N–H and O–H groups in total. The second-order valence-corrected chi connectivity index (χ2v) is 5.50. The Balaban J connectivity index is 1.47. The van der Waals surface area contributed by atoms with E-state index in [1.807, 2.05) is 30.5 Å². The topological polar surface area (TPSA) is 48.4 Å². The van der Waals surface area contributed by atoms with Gasteiger partial charge in [-0.2, -0.15) is 0 Å². The monoisotopic (exact) mass is 283 g/mol. The molecule has 1 fully saturated rings. The van der Waals surface area contributed by atoms with Crippen LogP contribution in [-0.2, 0) is 6.54 Å². The lowest BCUT2D eigenvalue weighted by Gasteiger charge is -2.33. The lowest BCUT2D eigenvalue weighted by atomic mass is 10.0. The Morgan fingerprint density at radius 3 is 2.52 bits per heavy atom. The van der Waals surface area contributed by atoms with E-state index in [2.05, 4.69) is 21.3 Å². The second kappa shape index (κ2) is 6.59. The number of piperidine rings is 1. The number of hydrogen-bond donors (Lipinski definition) is 2. The zero-order valence-corrected chi connectivity index (χ0v) is 12.1. The van der Waals surface area contributed by atoms with Gasteiger partial charge in [-0.15, -0.1) is 0 Å². The van der Waals surface area contributed by atoms with Gasteiger partial charge in [0.25, 0.3) is 0 Å². The van der Waals surface area contributed by atoms with Crippen LogP contribution in [0.15, 0.2) is 48.7 Å². The van der Waals surface area contributed by atoms with Crippen molar-refractivity contribution in [2.45, 2.75) is 25.4 Å². The highest BCUT2D eigenvalue weighted by atomic mass is 16.3. The molecule has 1 aromatic carbocycles. The maximum absolute atomic E-state index is 9.28. The molecule has 1 saturated heterocycles. The lowest BCUT2D eigenvalue weighted by molar-refractivity contribution is 0.412. The highest BCUT2D eigenvalue weighted by Gasteiger charge is 2.19. The summed E-state index contributed by atoms with van der Waals surface area (Å²) < 4.78 is 0. The van der Waals surface area contributed by atoms with Crippen molar-refractivity contribution >= 4 is 5.82 Å². The molecule has 0 aliphatic carbocycles. The highest BCUT2D eigenvalue weighted by Crippen LogP contribution is 2.17. The number of pyridine rings is 1. The zero-order chi connectivity index (χ0) is 14.5. The first-order valence-electron chi connectivity index (χ1n) is 7.48. The van der Waals surface area contributed by atoms with Crippen LogP contribution >= 0.6 is 0 Å². The van der Waals surface area contributed by atoms with E-state index in [4.69, 9.17) is 0 Å². The normalized spacial score (nSPS) is 16.1. The summed E-state index contributed by atoms with van der Waals surface area (Å²) in [5.41, 5.74) is 1.21. The lowest BCUT2D eigenvalue weighted by Crippen LogP contribution is -2.42. The summed E-state index contributed by atoms with van der Waals surface area (Å²) in [4.78, 5) is 6.76. The van der Waals surface area contributed by atoms with Gasteiger partial charge in [-0.3, -0.25) is 0 Å². The number of phenolic OH excluding ortho intramolecular Hbond substituents is 1. The predicted molar refractivity (Wildman–Crippen MR) is 84.4 cm³/mol. The molecule has 21 heavy (non-hydrogen) atoms. The Labute approximate surface area is 125 Å². The Hall–Kier alpha value is -2.07. The summed E-state index contributed by atoms with van der Waals surface area (Å²) in [6.07, 6.45) is 4.12. The van der Waals surface area contributed by atoms with Crippen LogP contribution in [0.4, 0.5) is 5.82 Å². The van der Waals surface area contributed by atoms with E-state index in [9.17, 15) is 5.11 Å². The standard InChI is InChI=1S/C17H21N3O/c21-16-6-4-14(5-7-16)13-19-15-8-11-20(12-9-15)17-3-1-2-10-18-17/h1-7,10,15,19,21H,8-9,11-13H2. The van der Waals surface area contributed by atoms with Gasteiger partial charge in [0.05, 0.1) is 0 Å². The van der Waals surface area contributed by atoms with Crippen molar-refractivity contribution in [3.8, 4) is 5.75 Å². The second-order valence-electron chi connectivity index (χ2n) is 5.50. The number of anilines is 1. The number of phenols is 1. The van der Waals surface area contributed by atoms with Gasteiger partial charge in [-0.1, -0.05) is 18.2 Å². The molecule has 0 radical (unpaired) electrons. The van der Waals surface area contributed by atoms with Gasteiger partial charge in [0.1, 0.15) is 11.6 Å². The van der Waals surface area contributed by atoms with E-state index in [1.54, 1.807) is 12.1 Å². The first-order chi connectivity index (χ1) is 10.3. The van der Waals surface area contributed by atoms with Crippen molar-refractivity contribution in [3.05, 3.63) is 54.2 Å². The van der Waals surface area contributed by atoms with Crippen LogP contribution in [0.25, 0.3) is 0 Å². The van der Waals surface area contributed by atoms with Gasteiger partial charge in [-0.05, 0) is 42.7 Å². The third-order valence-corrected chi connectivity index (χ3v) is 4.00. The molecular weight excluding hydrogens is 262 g/mol. The molecule has 3 rings (SSSR count). The summed E-state index contributed by atoms with van der Waals surface area (Å²) in [7, 11) is 0. The largest absolute Gasteiger partial charge is 0.508 e.